The summed E-state index contributed by atoms with van der Waals surface area (Å²) < 4.78 is 9.73. The molecule has 0 spiro atoms. The quantitative estimate of drug-likeness (QED) is 0.402. The highest BCUT2D eigenvalue weighted by atomic mass is 32.1. The number of carbonyl (C=O) groups is 1. The Kier molecular flexibility index (Phi) is 4.06. The monoisotopic (exact) mass is 204 g/mol. The fraction of sp³-hybridized carbons (Fsp3) is 0.889. The first-order valence-corrected chi connectivity index (χ1v) is 5.11. The molecule has 3 nitrogen and oxygen atoms in total. The molecule has 0 aromatic heterocycles. The number of methoxy groups -OCH3 is 1. The van der Waals surface area contributed by atoms with Gasteiger partial charge in [-0.3, -0.25) is 4.79 Å². The predicted molar refractivity (Wildman–Crippen MR) is 53.0 cm³/mol. The van der Waals surface area contributed by atoms with Crippen LogP contribution in [0.25, 0.3) is 0 Å². The van der Waals surface area contributed by atoms with E-state index in [-0.39, 0.29) is 11.4 Å². The Morgan fingerprint density at radius 1 is 1.46 bits per heavy atom. The van der Waals surface area contributed by atoms with Gasteiger partial charge in [-0.2, -0.15) is 12.6 Å². The molecular formula is C9H16O3S. The lowest BCUT2D eigenvalue weighted by Crippen LogP contribution is -2.15. The van der Waals surface area contributed by atoms with Crippen molar-refractivity contribution >= 4 is 18.6 Å². The SMILES string of the molecule is COCCOC(=O)CC1(CS)CC1. The zero-order chi connectivity index (χ0) is 9.73. The summed E-state index contributed by atoms with van der Waals surface area (Å²) in [5.74, 6) is 0.662. The molecule has 4 heteroatoms. The fourth-order valence-electron chi connectivity index (χ4n) is 1.16. The average Bonchev–Trinajstić information content (AvgIpc) is 2.86. The molecule has 13 heavy (non-hydrogen) atoms. The van der Waals surface area contributed by atoms with Gasteiger partial charge >= 0.3 is 5.97 Å². The van der Waals surface area contributed by atoms with Gasteiger partial charge in [0.15, 0.2) is 0 Å². The minimum absolute atomic E-state index is 0.122. The van der Waals surface area contributed by atoms with Gasteiger partial charge in [-0.1, -0.05) is 0 Å². The van der Waals surface area contributed by atoms with E-state index in [4.69, 9.17) is 9.47 Å². The second-order valence-electron chi connectivity index (χ2n) is 3.55. The highest BCUT2D eigenvalue weighted by molar-refractivity contribution is 7.80. The van der Waals surface area contributed by atoms with E-state index in [1.165, 1.54) is 0 Å². The zero-order valence-electron chi connectivity index (χ0n) is 7.91. The van der Waals surface area contributed by atoms with Gasteiger partial charge in [0.05, 0.1) is 13.0 Å². The Hall–Kier alpha value is -0.220. The molecule has 0 atom stereocenters. The molecule has 76 valence electrons. The first-order chi connectivity index (χ1) is 6.22. The van der Waals surface area contributed by atoms with E-state index in [1.807, 2.05) is 0 Å². The van der Waals surface area contributed by atoms with Crippen molar-refractivity contribution < 1.29 is 14.3 Å². The van der Waals surface area contributed by atoms with Crippen LogP contribution in [-0.4, -0.2) is 32.0 Å². The molecule has 0 bridgehead atoms. The number of hydrogen-bond acceptors (Lipinski definition) is 4. The molecule has 0 N–H and O–H groups in total. The normalized spacial score (nSPS) is 18.3. The molecule has 0 amide bonds. The van der Waals surface area contributed by atoms with Crippen molar-refractivity contribution in [2.45, 2.75) is 19.3 Å². The van der Waals surface area contributed by atoms with Crippen molar-refractivity contribution in [1.29, 1.82) is 0 Å². The van der Waals surface area contributed by atoms with Crippen LogP contribution >= 0.6 is 12.6 Å². The molecule has 0 aromatic rings. The summed E-state index contributed by atoms with van der Waals surface area (Å²) in [6.07, 6.45) is 2.73. The van der Waals surface area contributed by atoms with E-state index in [0.717, 1.165) is 18.6 Å². The molecule has 0 aromatic carbocycles. The van der Waals surface area contributed by atoms with Crippen molar-refractivity contribution in [3.8, 4) is 0 Å². The van der Waals surface area contributed by atoms with Gasteiger partial charge in [0, 0.05) is 7.11 Å². The van der Waals surface area contributed by atoms with E-state index in [9.17, 15) is 4.79 Å². The maximum atomic E-state index is 11.2. The number of carbonyl (C=O) groups excluding carboxylic acids is 1. The topological polar surface area (TPSA) is 35.5 Å². The first-order valence-electron chi connectivity index (χ1n) is 4.48. The Morgan fingerprint density at radius 3 is 2.62 bits per heavy atom. The van der Waals surface area contributed by atoms with Crippen LogP contribution in [0.4, 0.5) is 0 Å². The summed E-state index contributed by atoms with van der Waals surface area (Å²) >= 11 is 4.22. The Labute approximate surface area is 84.2 Å². The fourth-order valence-corrected chi connectivity index (χ4v) is 1.59. The van der Waals surface area contributed by atoms with Gasteiger partial charge in [0.2, 0.25) is 0 Å². The number of hydrogen-bond donors (Lipinski definition) is 1. The third kappa shape index (κ3) is 3.56. The largest absolute Gasteiger partial charge is 0.463 e. The van der Waals surface area contributed by atoms with Crippen molar-refractivity contribution in [3.63, 3.8) is 0 Å². The van der Waals surface area contributed by atoms with Crippen LogP contribution in [0.3, 0.4) is 0 Å². The summed E-state index contributed by atoms with van der Waals surface area (Å²) in [6, 6.07) is 0. The van der Waals surface area contributed by atoms with Crippen LogP contribution in [-0.2, 0) is 14.3 Å². The van der Waals surface area contributed by atoms with Crippen molar-refractivity contribution in [1.82, 2.24) is 0 Å². The van der Waals surface area contributed by atoms with E-state index < -0.39 is 0 Å². The van der Waals surface area contributed by atoms with Gasteiger partial charge in [-0.05, 0) is 24.0 Å². The molecule has 0 heterocycles. The summed E-state index contributed by atoms with van der Waals surface area (Å²) in [4.78, 5) is 11.2. The molecule has 0 radical (unpaired) electrons. The Bertz CT molecular complexity index is 178. The standard InChI is InChI=1S/C9H16O3S/c1-11-4-5-12-8(10)6-9(7-13)2-3-9/h13H,2-7H2,1H3. The second-order valence-corrected chi connectivity index (χ2v) is 3.86. The van der Waals surface area contributed by atoms with Crippen LogP contribution < -0.4 is 0 Å². The molecule has 1 rings (SSSR count). The highest BCUT2D eigenvalue weighted by Gasteiger charge is 2.43. The molecule has 1 aliphatic rings. The van der Waals surface area contributed by atoms with Crippen LogP contribution in [0.15, 0.2) is 0 Å². The molecule has 1 fully saturated rings. The summed E-state index contributed by atoms with van der Waals surface area (Å²) in [5.41, 5.74) is 0.160. The maximum absolute atomic E-state index is 11.2. The third-order valence-electron chi connectivity index (χ3n) is 2.36. The van der Waals surface area contributed by atoms with Crippen LogP contribution in [0.2, 0.25) is 0 Å². The van der Waals surface area contributed by atoms with E-state index in [2.05, 4.69) is 12.6 Å². The van der Waals surface area contributed by atoms with Gasteiger partial charge in [0.1, 0.15) is 6.61 Å². The maximum Gasteiger partial charge on any atom is 0.306 e. The van der Waals surface area contributed by atoms with E-state index >= 15 is 0 Å². The minimum Gasteiger partial charge on any atom is -0.463 e. The second kappa shape index (κ2) is 4.86. The van der Waals surface area contributed by atoms with E-state index in [1.54, 1.807) is 7.11 Å². The lowest BCUT2D eigenvalue weighted by atomic mass is 10.1. The predicted octanol–water partition coefficient (Wildman–Crippen LogP) is 1.28. The van der Waals surface area contributed by atoms with Crippen LogP contribution in [0.1, 0.15) is 19.3 Å². The van der Waals surface area contributed by atoms with Gasteiger partial charge in [0.25, 0.3) is 0 Å². The highest BCUT2D eigenvalue weighted by Crippen LogP contribution is 2.49. The van der Waals surface area contributed by atoms with Crippen LogP contribution in [0, 0.1) is 5.41 Å². The zero-order valence-corrected chi connectivity index (χ0v) is 8.81. The number of ether oxygens (including phenoxy) is 2. The lowest BCUT2D eigenvalue weighted by Gasteiger charge is -2.10. The summed E-state index contributed by atoms with van der Waals surface area (Å²) in [6.45, 7) is 0.831. The summed E-state index contributed by atoms with van der Waals surface area (Å²) in [5, 5.41) is 0. The lowest BCUT2D eigenvalue weighted by molar-refractivity contribution is -0.146. The third-order valence-corrected chi connectivity index (χ3v) is 3.03. The molecular weight excluding hydrogens is 188 g/mol. The molecule has 0 unspecified atom stereocenters. The Balaban J connectivity index is 2.11. The first kappa shape index (κ1) is 10.9. The molecule has 0 aliphatic heterocycles. The minimum atomic E-state index is -0.122. The van der Waals surface area contributed by atoms with E-state index in [0.29, 0.717) is 19.6 Å². The van der Waals surface area contributed by atoms with Gasteiger partial charge in [-0.25, -0.2) is 0 Å². The van der Waals surface area contributed by atoms with Crippen molar-refractivity contribution in [2.75, 3.05) is 26.1 Å². The number of thiol groups is 1. The smallest absolute Gasteiger partial charge is 0.306 e. The number of rotatable bonds is 6. The number of esters is 1. The molecule has 1 aliphatic carbocycles. The van der Waals surface area contributed by atoms with Crippen molar-refractivity contribution in [2.24, 2.45) is 5.41 Å². The summed E-state index contributed by atoms with van der Waals surface area (Å²) in [7, 11) is 1.59. The van der Waals surface area contributed by atoms with Crippen LogP contribution in [0.5, 0.6) is 0 Å². The molecule has 1 saturated carbocycles. The van der Waals surface area contributed by atoms with Gasteiger partial charge in [-0.15, -0.1) is 0 Å². The average molecular weight is 204 g/mol. The van der Waals surface area contributed by atoms with Crippen molar-refractivity contribution in [3.05, 3.63) is 0 Å². The van der Waals surface area contributed by atoms with Gasteiger partial charge < -0.3 is 9.47 Å². The molecule has 0 saturated heterocycles. The Morgan fingerprint density at radius 2 is 2.15 bits per heavy atom.